The minimum Gasteiger partial charge on any atom is -0.484 e. The summed E-state index contributed by atoms with van der Waals surface area (Å²) in [4.78, 5) is 25.9. The van der Waals surface area contributed by atoms with Crippen molar-refractivity contribution in [2.75, 3.05) is 19.7 Å². The zero-order chi connectivity index (χ0) is 15.9. The standard InChI is InChI=1S/C16H21ClN2O3/c1-12(16(21)19-9-3-2-4-10-19)18-15(20)11-22-14-7-5-13(17)6-8-14/h5-8,12H,2-4,9-11H2,1H3,(H,18,20)/t12-/m0/s1. The first-order valence-corrected chi connectivity index (χ1v) is 7.90. The van der Waals surface area contributed by atoms with Gasteiger partial charge in [0.25, 0.3) is 5.91 Å². The molecule has 0 spiro atoms. The van der Waals surface area contributed by atoms with Gasteiger partial charge < -0.3 is 15.0 Å². The zero-order valence-corrected chi connectivity index (χ0v) is 13.4. The lowest BCUT2D eigenvalue weighted by Crippen LogP contribution is -2.49. The molecular formula is C16H21ClN2O3. The lowest BCUT2D eigenvalue weighted by molar-refractivity contribution is -0.137. The van der Waals surface area contributed by atoms with Gasteiger partial charge in [-0.2, -0.15) is 0 Å². The molecule has 1 saturated heterocycles. The van der Waals surface area contributed by atoms with Crippen molar-refractivity contribution in [3.05, 3.63) is 29.3 Å². The molecule has 2 amide bonds. The Morgan fingerprint density at radius 2 is 1.86 bits per heavy atom. The van der Waals surface area contributed by atoms with Crippen LogP contribution in [0.2, 0.25) is 5.02 Å². The third-order valence-electron chi connectivity index (χ3n) is 3.60. The van der Waals surface area contributed by atoms with Crippen LogP contribution in [-0.4, -0.2) is 42.5 Å². The van der Waals surface area contributed by atoms with Gasteiger partial charge in [-0.05, 0) is 50.5 Å². The van der Waals surface area contributed by atoms with E-state index in [-0.39, 0.29) is 18.4 Å². The van der Waals surface area contributed by atoms with Crippen LogP contribution in [0.15, 0.2) is 24.3 Å². The van der Waals surface area contributed by atoms with Gasteiger partial charge in [0.2, 0.25) is 5.91 Å². The maximum Gasteiger partial charge on any atom is 0.258 e. The number of piperidine rings is 1. The second-order valence-electron chi connectivity index (χ2n) is 5.42. The summed E-state index contributed by atoms with van der Waals surface area (Å²) in [6, 6.07) is 6.24. The van der Waals surface area contributed by atoms with Gasteiger partial charge in [0.1, 0.15) is 11.8 Å². The second kappa shape index (κ2) is 8.03. The third-order valence-corrected chi connectivity index (χ3v) is 3.85. The number of nitrogens with zero attached hydrogens (tertiary/aromatic N) is 1. The van der Waals surface area contributed by atoms with Crippen molar-refractivity contribution in [2.45, 2.75) is 32.2 Å². The molecule has 0 bridgehead atoms. The molecule has 1 heterocycles. The van der Waals surface area contributed by atoms with Crippen LogP contribution in [0, 0.1) is 0 Å². The molecule has 0 unspecified atom stereocenters. The molecule has 0 aromatic heterocycles. The number of hydrogen-bond donors (Lipinski definition) is 1. The molecule has 1 aromatic carbocycles. The van der Waals surface area contributed by atoms with E-state index >= 15 is 0 Å². The Hall–Kier alpha value is -1.75. The molecule has 0 radical (unpaired) electrons. The van der Waals surface area contributed by atoms with Gasteiger partial charge in [0.15, 0.2) is 6.61 Å². The van der Waals surface area contributed by atoms with Crippen LogP contribution in [0.3, 0.4) is 0 Å². The highest BCUT2D eigenvalue weighted by molar-refractivity contribution is 6.30. The monoisotopic (exact) mass is 324 g/mol. The van der Waals surface area contributed by atoms with Gasteiger partial charge in [-0.3, -0.25) is 9.59 Å². The lowest BCUT2D eigenvalue weighted by atomic mass is 10.1. The summed E-state index contributed by atoms with van der Waals surface area (Å²) in [5.74, 6) is 0.224. The Morgan fingerprint density at radius 3 is 2.50 bits per heavy atom. The number of halogens is 1. The number of carbonyl (C=O) groups is 2. The van der Waals surface area contributed by atoms with Crippen molar-refractivity contribution in [1.82, 2.24) is 10.2 Å². The molecule has 0 saturated carbocycles. The van der Waals surface area contributed by atoms with Crippen LogP contribution in [0.1, 0.15) is 26.2 Å². The first kappa shape index (κ1) is 16.6. The predicted octanol–water partition coefficient (Wildman–Crippen LogP) is 2.24. The maximum atomic E-state index is 12.2. The van der Waals surface area contributed by atoms with Crippen molar-refractivity contribution in [3.63, 3.8) is 0 Å². The lowest BCUT2D eigenvalue weighted by Gasteiger charge is -2.29. The first-order chi connectivity index (χ1) is 10.6. The first-order valence-electron chi connectivity index (χ1n) is 7.53. The van der Waals surface area contributed by atoms with E-state index in [4.69, 9.17) is 16.3 Å². The van der Waals surface area contributed by atoms with Gasteiger partial charge in [-0.1, -0.05) is 11.6 Å². The third kappa shape index (κ3) is 4.91. The van der Waals surface area contributed by atoms with Crippen LogP contribution >= 0.6 is 11.6 Å². The SMILES string of the molecule is C[C@H](NC(=O)COc1ccc(Cl)cc1)C(=O)N1CCCCC1. The van der Waals surface area contributed by atoms with Crippen LogP contribution in [0.25, 0.3) is 0 Å². The summed E-state index contributed by atoms with van der Waals surface area (Å²) in [5, 5.41) is 3.29. The summed E-state index contributed by atoms with van der Waals surface area (Å²) in [6.45, 7) is 3.14. The molecule has 1 atom stereocenters. The highest BCUT2D eigenvalue weighted by atomic mass is 35.5. The second-order valence-corrected chi connectivity index (χ2v) is 5.85. The normalized spacial score (nSPS) is 16.0. The molecule has 6 heteroatoms. The van der Waals surface area contributed by atoms with Crippen LogP contribution in [0.4, 0.5) is 0 Å². The summed E-state index contributed by atoms with van der Waals surface area (Å²) in [6.07, 6.45) is 3.23. The fourth-order valence-electron chi connectivity index (χ4n) is 2.41. The largest absolute Gasteiger partial charge is 0.484 e. The van der Waals surface area contributed by atoms with E-state index in [1.807, 2.05) is 4.90 Å². The highest BCUT2D eigenvalue weighted by Gasteiger charge is 2.23. The molecule has 22 heavy (non-hydrogen) atoms. The van der Waals surface area contributed by atoms with Gasteiger partial charge >= 0.3 is 0 Å². The number of likely N-dealkylation sites (tertiary alicyclic amines) is 1. The molecule has 2 rings (SSSR count). The summed E-state index contributed by atoms with van der Waals surface area (Å²) < 4.78 is 5.35. The molecule has 5 nitrogen and oxygen atoms in total. The van der Waals surface area contributed by atoms with Crippen molar-refractivity contribution >= 4 is 23.4 Å². The number of ether oxygens (including phenoxy) is 1. The summed E-state index contributed by atoms with van der Waals surface area (Å²) >= 11 is 5.77. The summed E-state index contributed by atoms with van der Waals surface area (Å²) in [7, 11) is 0. The van der Waals surface area contributed by atoms with E-state index in [0.29, 0.717) is 10.8 Å². The Labute approximate surface area is 135 Å². The number of benzene rings is 1. The van der Waals surface area contributed by atoms with Crippen molar-refractivity contribution in [1.29, 1.82) is 0 Å². The Balaban J connectivity index is 1.75. The summed E-state index contributed by atoms with van der Waals surface area (Å²) in [5.41, 5.74) is 0. The van der Waals surface area contributed by atoms with E-state index in [9.17, 15) is 9.59 Å². The van der Waals surface area contributed by atoms with Crippen molar-refractivity contribution in [2.24, 2.45) is 0 Å². The number of hydrogen-bond acceptors (Lipinski definition) is 3. The minimum atomic E-state index is -0.528. The Kier molecular flexibility index (Phi) is 6.07. The minimum absolute atomic E-state index is 0.0282. The zero-order valence-electron chi connectivity index (χ0n) is 12.7. The van der Waals surface area contributed by atoms with Crippen LogP contribution in [0.5, 0.6) is 5.75 Å². The Morgan fingerprint density at radius 1 is 1.23 bits per heavy atom. The molecule has 120 valence electrons. The fraction of sp³-hybridized carbons (Fsp3) is 0.500. The van der Waals surface area contributed by atoms with E-state index in [1.54, 1.807) is 31.2 Å². The topological polar surface area (TPSA) is 58.6 Å². The molecular weight excluding hydrogens is 304 g/mol. The smallest absolute Gasteiger partial charge is 0.258 e. The number of nitrogens with one attached hydrogen (secondary N) is 1. The molecule has 1 aliphatic heterocycles. The number of amides is 2. The van der Waals surface area contributed by atoms with Crippen molar-refractivity contribution < 1.29 is 14.3 Å². The fourth-order valence-corrected chi connectivity index (χ4v) is 2.54. The van der Waals surface area contributed by atoms with E-state index in [1.165, 1.54) is 6.42 Å². The van der Waals surface area contributed by atoms with Gasteiger partial charge in [0.05, 0.1) is 0 Å². The van der Waals surface area contributed by atoms with Crippen LogP contribution in [-0.2, 0) is 9.59 Å². The maximum absolute atomic E-state index is 12.2. The predicted molar refractivity (Wildman–Crippen MR) is 85.0 cm³/mol. The molecule has 1 fully saturated rings. The molecule has 1 N–H and O–H groups in total. The average molecular weight is 325 g/mol. The molecule has 1 aromatic rings. The average Bonchev–Trinajstić information content (AvgIpc) is 2.54. The molecule has 1 aliphatic rings. The highest BCUT2D eigenvalue weighted by Crippen LogP contribution is 2.15. The van der Waals surface area contributed by atoms with E-state index in [0.717, 1.165) is 25.9 Å². The van der Waals surface area contributed by atoms with E-state index < -0.39 is 6.04 Å². The molecule has 0 aliphatic carbocycles. The van der Waals surface area contributed by atoms with Crippen LogP contribution < -0.4 is 10.1 Å². The quantitative estimate of drug-likeness (QED) is 0.903. The van der Waals surface area contributed by atoms with E-state index in [2.05, 4.69) is 5.32 Å². The van der Waals surface area contributed by atoms with Gasteiger partial charge in [0, 0.05) is 18.1 Å². The number of rotatable bonds is 5. The van der Waals surface area contributed by atoms with Gasteiger partial charge in [-0.25, -0.2) is 0 Å². The Bertz CT molecular complexity index is 513. The van der Waals surface area contributed by atoms with Crippen molar-refractivity contribution in [3.8, 4) is 5.75 Å². The number of carbonyl (C=O) groups excluding carboxylic acids is 2. The van der Waals surface area contributed by atoms with Gasteiger partial charge in [-0.15, -0.1) is 0 Å².